The molecule has 0 radical (unpaired) electrons. The van der Waals surface area contributed by atoms with Gasteiger partial charge in [-0.1, -0.05) is 55.6 Å². The minimum absolute atomic E-state index is 0.133. The summed E-state index contributed by atoms with van der Waals surface area (Å²) in [6.07, 6.45) is 2.20. The maximum absolute atomic E-state index is 11.0. The summed E-state index contributed by atoms with van der Waals surface area (Å²) in [7, 11) is 0. The van der Waals surface area contributed by atoms with Crippen LogP contribution in [0.3, 0.4) is 0 Å². The first-order valence-corrected chi connectivity index (χ1v) is 12.4. The zero-order chi connectivity index (χ0) is 27.7. The van der Waals surface area contributed by atoms with E-state index in [2.05, 4.69) is 31.4 Å². The van der Waals surface area contributed by atoms with E-state index < -0.39 is 11.9 Å². The Morgan fingerprint density at radius 2 is 1.05 bits per heavy atom. The summed E-state index contributed by atoms with van der Waals surface area (Å²) in [5.74, 6) is 0.478. The van der Waals surface area contributed by atoms with E-state index in [0.29, 0.717) is 33.0 Å². The summed E-state index contributed by atoms with van der Waals surface area (Å²) in [6, 6.07) is 24.0. The normalized spacial score (nSPS) is 10.4. The Bertz CT molecular complexity index is 1200. The summed E-state index contributed by atoms with van der Waals surface area (Å²) >= 11 is 0. The van der Waals surface area contributed by atoms with Gasteiger partial charge in [0.15, 0.2) is 6.79 Å². The van der Waals surface area contributed by atoms with Crippen molar-refractivity contribution in [2.45, 2.75) is 0 Å². The molecule has 3 aromatic carbocycles. The van der Waals surface area contributed by atoms with E-state index in [1.165, 1.54) is 0 Å². The second kappa shape index (κ2) is 16.4. The van der Waals surface area contributed by atoms with E-state index in [9.17, 15) is 9.59 Å². The van der Waals surface area contributed by atoms with Crippen molar-refractivity contribution in [2.75, 3.05) is 46.4 Å². The molecule has 0 N–H and O–H groups in total. The quantitative estimate of drug-likeness (QED) is 0.101. The Morgan fingerprint density at radius 3 is 1.59 bits per heavy atom. The van der Waals surface area contributed by atoms with Crippen LogP contribution >= 0.6 is 0 Å². The molecular weight excluding hydrogens is 500 g/mol. The smallest absolute Gasteiger partial charge is 0.332 e. The summed E-state index contributed by atoms with van der Waals surface area (Å²) in [5, 5.41) is 0. The summed E-state index contributed by atoms with van der Waals surface area (Å²) in [6.45, 7) is 8.41. The SMILES string of the molecule is C=CC(=O)OCCOCCOc1ccc(-c2cccc(-c3ccc(OCCOCOC(=O)C=C)cc3)c2)cc1. The van der Waals surface area contributed by atoms with Gasteiger partial charge in [-0.05, 0) is 52.6 Å². The van der Waals surface area contributed by atoms with Crippen molar-refractivity contribution in [3.63, 3.8) is 0 Å². The van der Waals surface area contributed by atoms with E-state index in [1.54, 1.807) is 0 Å². The molecule has 0 aliphatic carbocycles. The molecule has 8 heteroatoms. The predicted octanol–water partition coefficient (Wildman–Crippen LogP) is 5.23. The molecule has 0 aliphatic rings. The first kappa shape index (κ1) is 29.2. The lowest BCUT2D eigenvalue weighted by molar-refractivity contribution is -0.150. The van der Waals surface area contributed by atoms with Gasteiger partial charge in [0, 0.05) is 12.2 Å². The van der Waals surface area contributed by atoms with Crippen molar-refractivity contribution < 1.29 is 38.0 Å². The zero-order valence-electron chi connectivity index (χ0n) is 21.7. The zero-order valence-corrected chi connectivity index (χ0v) is 21.7. The minimum atomic E-state index is -0.525. The minimum Gasteiger partial charge on any atom is -0.491 e. The molecule has 0 aromatic heterocycles. The Balaban J connectivity index is 1.43. The monoisotopic (exact) mass is 532 g/mol. The predicted molar refractivity (Wildman–Crippen MR) is 147 cm³/mol. The second-order valence-corrected chi connectivity index (χ2v) is 8.00. The Kier molecular flexibility index (Phi) is 12.3. The van der Waals surface area contributed by atoms with Crippen molar-refractivity contribution in [3.8, 4) is 33.8 Å². The number of hydrogen-bond acceptors (Lipinski definition) is 8. The topological polar surface area (TPSA) is 89.5 Å². The largest absolute Gasteiger partial charge is 0.491 e. The first-order valence-electron chi connectivity index (χ1n) is 12.4. The maximum Gasteiger partial charge on any atom is 0.332 e. The van der Waals surface area contributed by atoms with Crippen LogP contribution in [-0.2, 0) is 28.5 Å². The van der Waals surface area contributed by atoms with Gasteiger partial charge in [0.05, 0.1) is 19.8 Å². The van der Waals surface area contributed by atoms with Gasteiger partial charge in [-0.3, -0.25) is 0 Å². The Hall–Kier alpha value is -4.40. The molecule has 0 amide bonds. The third kappa shape index (κ3) is 10.5. The van der Waals surface area contributed by atoms with Crippen LogP contribution in [0.5, 0.6) is 11.5 Å². The highest BCUT2D eigenvalue weighted by atomic mass is 16.7. The van der Waals surface area contributed by atoms with Crippen LogP contribution in [0.15, 0.2) is 98.1 Å². The van der Waals surface area contributed by atoms with E-state index in [1.807, 2.05) is 54.6 Å². The maximum atomic E-state index is 11.0. The van der Waals surface area contributed by atoms with Crippen molar-refractivity contribution in [2.24, 2.45) is 0 Å². The fourth-order valence-electron chi connectivity index (χ4n) is 3.38. The van der Waals surface area contributed by atoms with Crippen LogP contribution in [0.2, 0.25) is 0 Å². The van der Waals surface area contributed by atoms with Gasteiger partial charge in [-0.25, -0.2) is 9.59 Å². The van der Waals surface area contributed by atoms with E-state index in [0.717, 1.165) is 45.9 Å². The highest BCUT2D eigenvalue weighted by molar-refractivity contribution is 5.81. The number of esters is 2. The van der Waals surface area contributed by atoms with Crippen LogP contribution < -0.4 is 9.47 Å². The highest BCUT2D eigenvalue weighted by Crippen LogP contribution is 2.28. The molecule has 3 rings (SSSR count). The third-order valence-corrected chi connectivity index (χ3v) is 5.32. The fourth-order valence-corrected chi connectivity index (χ4v) is 3.38. The molecular formula is C31H32O8. The number of benzene rings is 3. The van der Waals surface area contributed by atoms with E-state index in [-0.39, 0.29) is 13.4 Å². The average molecular weight is 533 g/mol. The van der Waals surface area contributed by atoms with Crippen molar-refractivity contribution >= 4 is 11.9 Å². The molecule has 204 valence electrons. The summed E-state index contributed by atoms with van der Waals surface area (Å²) in [5.41, 5.74) is 4.31. The standard InChI is InChI=1S/C31H32O8/c1-3-30(32)38-21-17-34-16-19-36-28-12-8-24(9-13-28)26-6-5-7-27(22-26)25-10-14-29(15-11-25)37-20-18-35-23-39-31(33)4-2/h3-15,22H,1-2,16-21,23H2. The first-order chi connectivity index (χ1) is 19.1. The van der Waals surface area contributed by atoms with Crippen molar-refractivity contribution in [3.05, 3.63) is 98.1 Å². The number of rotatable bonds is 17. The van der Waals surface area contributed by atoms with Crippen LogP contribution in [0.1, 0.15) is 0 Å². The molecule has 39 heavy (non-hydrogen) atoms. The van der Waals surface area contributed by atoms with Crippen LogP contribution in [-0.4, -0.2) is 58.4 Å². The Morgan fingerprint density at radius 1 is 0.564 bits per heavy atom. The average Bonchev–Trinajstić information content (AvgIpc) is 2.98. The second-order valence-electron chi connectivity index (χ2n) is 8.00. The van der Waals surface area contributed by atoms with Crippen LogP contribution in [0.25, 0.3) is 22.3 Å². The number of carbonyl (C=O) groups is 2. The molecule has 0 saturated carbocycles. The summed E-state index contributed by atoms with van der Waals surface area (Å²) < 4.78 is 31.5. The molecule has 0 aliphatic heterocycles. The lowest BCUT2D eigenvalue weighted by Gasteiger charge is -2.10. The van der Waals surface area contributed by atoms with E-state index in [4.69, 9.17) is 28.4 Å². The molecule has 0 fully saturated rings. The third-order valence-electron chi connectivity index (χ3n) is 5.32. The lowest BCUT2D eigenvalue weighted by atomic mass is 9.99. The van der Waals surface area contributed by atoms with Gasteiger partial charge >= 0.3 is 11.9 Å². The molecule has 0 atom stereocenters. The lowest BCUT2D eigenvalue weighted by Crippen LogP contribution is -2.12. The Labute approximate surface area is 228 Å². The van der Waals surface area contributed by atoms with Crippen LogP contribution in [0, 0.1) is 0 Å². The number of ether oxygens (including phenoxy) is 6. The summed E-state index contributed by atoms with van der Waals surface area (Å²) in [4.78, 5) is 21.9. The molecule has 8 nitrogen and oxygen atoms in total. The molecule has 0 heterocycles. The molecule has 0 spiro atoms. The van der Waals surface area contributed by atoms with Crippen LogP contribution in [0.4, 0.5) is 0 Å². The molecule has 0 unspecified atom stereocenters. The number of carbonyl (C=O) groups excluding carboxylic acids is 2. The number of hydrogen-bond donors (Lipinski definition) is 0. The van der Waals surface area contributed by atoms with Gasteiger partial charge < -0.3 is 28.4 Å². The highest BCUT2D eigenvalue weighted by Gasteiger charge is 2.04. The van der Waals surface area contributed by atoms with E-state index >= 15 is 0 Å². The van der Waals surface area contributed by atoms with Crippen molar-refractivity contribution in [1.82, 2.24) is 0 Å². The van der Waals surface area contributed by atoms with Gasteiger partial charge in [-0.2, -0.15) is 0 Å². The van der Waals surface area contributed by atoms with Gasteiger partial charge in [0.2, 0.25) is 0 Å². The fraction of sp³-hybridized carbons (Fsp3) is 0.226. The van der Waals surface area contributed by atoms with Gasteiger partial charge in [0.25, 0.3) is 0 Å². The molecule has 0 saturated heterocycles. The van der Waals surface area contributed by atoms with Gasteiger partial charge in [0.1, 0.15) is 31.3 Å². The molecule has 0 bridgehead atoms. The molecule has 3 aromatic rings. The van der Waals surface area contributed by atoms with Gasteiger partial charge in [-0.15, -0.1) is 0 Å². The van der Waals surface area contributed by atoms with Crippen molar-refractivity contribution in [1.29, 1.82) is 0 Å².